The van der Waals surface area contributed by atoms with Crippen LogP contribution in [0.3, 0.4) is 0 Å². The molecule has 4 heterocycles. The molecular weight excluding hydrogens is 807 g/mol. The molecule has 3 aromatic carbocycles. The Morgan fingerprint density at radius 1 is 0.760 bits per heavy atom. The summed E-state index contributed by atoms with van der Waals surface area (Å²) in [4.78, 5) is 13.8. The number of rotatable bonds is 6. The van der Waals surface area contributed by atoms with Gasteiger partial charge >= 0.3 is 0 Å². The SMILES string of the molecule is C[Si](C)(C)c1cnc(-c2[c-]cccc2)cc1CC1CCCCC1.Cc1ccc2c(n1)oc1c[c-]c(-c3cc(-c4ccccc4)ccn3)cc12.[Ir]. The topological polar surface area (TPSA) is 51.8 Å². The van der Waals surface area contributed by atoms with E-state index >= 15 is 0 Å². The van der Waals surface area contributed by atoms with E-state index in [4.69, 9.17) is 9.40 Å². The Bertz CT molecular complexity index is 2190. The van der Waals surface area contributed by atoms with Gasteiger partial charge in [0.05, 0.1) is 13.7 Å². The molecule has 7 aromatic rings. The number of aromatic nitrogens is 3. The number of nitrogens with zero attached hydrogens (tertiary/aromatic N) is 3. The van der Waals surface area contributed by atoms with E-state index in [1.165, 1.54) is 44.1 Å². The zero-order valence-corrected chi connectivity index (χ0v) is 32.7. The number of benzene rings is 3. The van der Waals surface area contributed by atoms with Gasteiger partial charge in [0, 0.05) is 43.6 Å². The van der Waals surface area contributed by atoms with Crippen LogP contribution in [0, 0.1) is 25.0 Å². The molecule has 6 heteroatoms. The summed E-state index contributed by atoms with van der Waals surface area (Å²) in [5.41, 5.74) is 10.3. The molecule has 0 saturated heterocycles. The molecule has 1 fully saturated rings. The van der Waals surface area contributed by atoms with Gasteiger partial charge in [-0.1, -0.05) is 105 Å². The Hall–Kier alpha value is -4.22. The van der Waals surface area contributed by atoms with Crippen molar-refractivity contribution in [3.8, 4) is 33.6 Å². The van der Waals surface area contributed by atoms with E-state index < -0.39 is 8.07 Å². The fourth-order valence-electron chi connectivity index (χ4n) is 6.97. The first-order valence-electron chi connectivity index (χ1n) is 17.5. The van der Waals surface area contributed by atoms with Gasteiger partial charge in [-0.3, -0.25) is 0 Å². The maximum Gasteiger partial charge on any atom is 0.216 e. The van der Waals surface area contributed by atoms with E-state index in [1.54, 1.807) is 10.8 Å². The fourth-order valence-corrected chi connectivity index (χ4v) is 8.56. The minimum atomic E-state index is -1.36. The van der Waals surface area contributed by atoms with Crippen LogP contribution in [0.5, 0.6) is 0 Å². The number of fused-ring (bicyclic) bond motifs is 3. The Balaban J connectivity index is 0.000000171. The molecule has 4 aromatic heterocycles. The van der Waals surface area contributed by atoms with Gasteiger partial charge in [-0.15, -0.1) is 59.7 Å². The average Bonchev–Trinajstić information content (AvgIpc) is 3.49. The summed E-state index contributed by atoms with van der Waals surface area (Å²) < 4.78 is 5.85. The molecule has 0 bridgehead atoms. The zero-order valence-electron chi connectivity index (χ0n) is 29.3. The van der Waals surface area contributed by atoms with Crippen LogP contribution in [0.25, 0.3) is 55.7 Å². The van der Waals surface area contributed by atoms with Crippen molar-refractivity contribution in [2.24, 2.45) is 5.92 Å². The Labute approximate surface area is 310 Å². The maximum absolute atomic E-state index is 5.85. The van der Waals surface area contributed by atoms with E-state index in [0.29, 0.717) is 5.71 Å². The Morgan fingerprint density at radius 2 is 1.54 bits per heavy atom. The van der Waals surface area contributed by atoms with E-state index in [-0.39, 0.29) is 20.1 Å². The first-order chi connectivity index (χ1) is 23.8. The van der Waals surface area contributed by atoms with Crippen molar-refractivity contribution in [3.63, 3.8) is 0 Å². The summed E-state index contributed by atoms with van der Waals surface area (Å²) in [6.45, 7) is 9.26. The zero-order chi connectivity index (χ0) is 33.8. The predicted molar refractivity (Wildman–Crippen MR) is 206 cm³/mol. The maximum atomic E-state index is 5.85. The van der Waals surface area contributed by atoms with Gasteiger partial charge in [0.25, 0.3) is 0 Å². The molecule has 1 aliphatic carbocycles. The molecule has 0 amide bonds. The van der Waals surface area contributed by atoms with Gasteiger partial charge < -0.3 is 14.4 Å². The number of aryl methyl sites for hydroxylation is 1. The van der Waals surface area contributed by atoms with Gasteiger partial charge in [0.1, 0.15) is 0 Å². The quantitative estimate of drug-likeness (QED) is 0.124. The van der Waals surface area contributed by atoms with Gasteiger partial charge in [-0.05, 0) is 65.2 Å². The molecule has 0 unspecified atom stereocenters. The molecule has 8 rings (SSSR count). The van der Waals surface area contributed by atoms with Crippen molar-refractivity contribution in [2.75, 3.05) is 0 Å². The summed E-state index contributed by atoms with van der Waals surface area (Å²) in [6, 6.07) is 39.6. The normalized spacial score (nSPS) is 13.4. The fraction of sp³-hybridized carbons (Fsp3) is 0.250. The summed E-state index contributed by atoms with van der Waals surface area (Å²) in [5, 5.41) is 3.59. The summed E-state index contributed by atoms with van der Waals surface area (Å²) >= 11 is 0. The Morgan fingerprint density at radius 3 is 2.30 bits per heavy atom. The molecule has 1 radical (unpaired) electrons. The molecule has 0 N–H and O–H groups in total. The average molecular weight is 850 g/mol. The second kappa shape index (κ2) is 15.8. The van der Waals surface area contributed by atoms with Crippen molar-refractivity contribution >= 4 is 35.3 Å². The van der Waals surface area contributed by atoms with Crippen molar-refractivity contribution in [3.05, 3.63) is 133 Å². The van der Waals surface area contributed by atoms with Crippen LogP contribution in [0.1, 0.15) is 43.4 Å². The van der Waals surface area contributed by atoms with Gasteiger partial charge in [-0.25, -0.2) is 4.98 Å². The molecule has 1 saturated carbocycles. The molecule has 4 nitrogen and oxygen atoms in total. The van der Waals surface area contributed by atoms with Crippen LogP contribution in [0.4, 0.5) is 0 Å². The molecular formula is C44H43IrN3OSi-2. The van der Waals surface area contributed by atoms with Crippen molar-refractivity contribution in [1.82, 2.24) is 15.0 Å². The van der Waals surface area contributed by atoms with Crippen molar-refractivity contribution in [1.29, 1.82) is 0 Å². The van der Waals surface area contributed by atoms with Crippen LogP contribution in [-0.2, 0) is 26.5 Å². The third-order valence-corrected chi connectivity index (χ3v) is 11.6. The van der Waals surface area contributed by atoms with E-state index in [2.05, 4.69) is 96.5 Å². The van der Waals surface area contributed by atoms with Crippen LogP contribution >= 0.6 is 0 Å². The minimum absolute atomic E-state index is 0. The molecule has 1 aliphatic rings. The van der Waals surface area contributed by atoms with Crippen LogP contribution in [-0.4, -0.2) is 23.0 Å². The van der Waals surface area contributed by atoms with E-state index in [1.807, 2.05) is 61.7 Å². The number of hydrogen-bond donors (Lipinski definition) is 0. The first kappa shape index (κ1) is 35.6. The monoisotopic (exact) mass is 850 g/mol. The summed E-state index contributed by atoms with van der Waals surface area (Å²) in [7, 11) is -1.36. The number of furan rings is 1. The second-order valence-corrected chi connectivity index (χ2v) is 19.3. The number of pyridine rings is 3. The van der Waals surface area contributed by atoms with Gasteiger partial charge in [0.15, 0.2) is 0 Å². The third-order valence-electron chi connectivity index (χ3n) is 9.57. The van der Waals surface area contributed by atoms with Crippen LogP contribution in [0.2, 0.25) is 19.6 Å². The van der Waals surface area contributed by atoms with Crippen LogP contribution in [0.15, 0.2) is 114 Å². The Kier molecular flexibility index (Phi) is 11.2. The van der Waals surface area contributed by atoms with Gasteiger partial charge in [0.2, 0.25) is 5.71 Å². The van der Waals surface area contributed by atoms with Gasteiger partial charge in [-0.2, -0.15) is 0 Å². The van der Waals surface area contributed by atoms with Crippen LogP contribution < -0.4 is 5.19 Å². The standard InChI is InChI=1S/C23H15N2O.C21H28NSi.Ir/c1-15-7-9-19-20-13-18(8-10-22(20)26-23(19)25-15)21-14-17(11-12-24-21)16-5-3-2-4-6-16;1-23(2,3)21-16-22-20(18-12-8-5-9-13-18)15-19(21)14-17-10-6-4-7-11-17;/h2-7,9-14H,1H3;5,8-9,12,15-17H,4,6-7,10-11,14H2,1-3H3;/q2*-1;. The number of hydrogen-bond acceptors (Lipinski definition) is 4. The molecule has 50 heavy (non-hydrogen) atoms. The van der Waals surface area contributed by atoms with E-state index in [0.717, 1.165) is 56.0 Å². The minimum Gasteiger partial charge on any atom is -0.486 e. The van der Waals surface area contributed by atoms with Crippen molar-refractivity contribution < 1.29 is 24.5 Å². The predicted octanol–water partition coefficient (Wildman–Crippen LogP) is 11.0. The molecule has 0 spiro atoms. The second-order valence-electron chi connectivity index (χ2n) is 14.3. The smallest absolute Gasteiger partial charge is 0.216 e. The summed E-state index contributed by atoms with van der Waals surface area (Å²) in [5.74, 6) is 0.869. The van der Waals surface area contributed by atoms with E-state index in [9.17, 15) is 0 Å². The molecule has 255 valence electrons. The first-order valence-corrected chi connectivity index (χ1v) is 21.0. The van der Waals surface area contributed by atoms with Crippen molar-refractivity contribution in [2.45, 2.75) is 65.1 Å². The molecule has 0 atom stereocenters. The summed E-state index contributed by atoms with van der Waals surface area (Å²) in [6.07, 6.45) is 12.3. The third kappa shape index (κ3) is 8.21. The molecule has 0 aliphatic heterocycles. The largest absolute Gasteiger partial charge is 0.486 e.